The van der Waals surface area contributed by atoms with E-state index in [4.69, 9.17) is 9.47 Å². The smallest absolute Gasteiger partial charge is 0.411 e. The Morgan fingerprint density at radius 1 is 1.37 bits per heavy atom. The standard InChI is InChI=1S/C13H22FNO4/c1-12(2,3)19-11(17)15-8-5-6-13(15,4)10(16)18-9-7-14/h5-9H2,1-4H3. The topological polar surface area (TPSA) is 55.8 Å². The molecule has 1 atom stereocenters. The average molecular weight is 275 g/mol. The molecular formula is C13H22FNO4. The van der Waals surface area contributed by atoms with E-state index in [2.05, 4.69) is 0 Å². The van der Waals surface area contributed by atoms with Crippen molar-refractivity contribution < 1.29 is 23.5 Å². The fourth-order valence-corrected chi connectivity index (χ4v) is 2.07. The number of nitrogens with zero attached hydrogens (tertiary/aromatic N) is 1. The quantitative estimate of drug-likeness (QED) is 0.741. The van der Waals surface area contributed by atoms with Gasteiger partial charge in [0.05, 0.1) is 0 Å². The van der Waals surface area contributed by atoms with Crippen LogP contribution in [0, 0.1) is 0 Å². The Morgan fingerprint density at radius 3 is 2.53 bits per heavy atom. The number of esters is 1. The largest absolute Gasteiger partial charge is 0.461 e. The maximum Gasteiger partial charge on any atom is 0.411 e. The fourth-order valence-electron chi connectivity index (χ4n) is 2.07. The van der Waals surface area contributed by atoms with Crippen molar-refractivity contribution in [2.75, 3.05) is 19.8 Å². The summed E-state index contributed by atoms with van der Waals surface area (Å²) >= 11 is 0. The predicted molar refractivity (Wildman–Crippen MR) is 67.5 cm³/mol. The number of halogens is 1. The molecule has 1 fully saturated rings. The highest BCUT2D eigenvalue weighted by Crippen LogP contribution is 2.31. The molecule has 1 heterocycles. The van der Waals surface area contributed by atoms with Crippen LogP contribution in [0.5, 0.6) is 0 Å². The van der Waals surface area contributed by atoms with E-state index in [1.54, 1.807) is 27.7 Å². The predicted octanol–water partition coefficient (Wildman–Crippen LogP) is 2.29. The number of ether oxygens (including phenoxy) is 2. The Hall–Kier alpha value is -1.33. The lowest BCUT2D eigenvalue weighted by atomic mass is 9.99. The lowest BCUT2D eigenvalue weighted by Gasteiger charge is -2.34. The van der Waals surface area contributed by atoms with Gasteiger partial charge < -0.3 is 9.47 Å². The molecular weight excluding hydrogens is 253 g/mol. The molecule has 1 saturated heterocycles. The van der Waals surface area contributed by atoms with Crippen LogP contribution < -0.4 is 0 Å². The molecule has 19 heavy (non-hydrogen) atoms. The molecule has 0 bridgehead atoms. The molecule has 110 valence electrons. The Balaban J connectivity index is 2.77. The first-order chi connectivity index (χ1) is 8.70. The zero-order valence-electron chi connectivity index (χ0n) is 12.0. The highest BCUT2D eigenvalue weighted by molar-refractivity contribution is 5.86. The van der Waals surface area contributed by atoms with Crippen LogP contribution in [0.3, 0.4) is 0 Å². The molecule has 0 saturated carbocycles. The lowest BCUT2D eigenvalue weighted by Crippen LogP contribution is -2.53. The van der Waals surface area contributed by atoms with Gasteiger partial charge in [0.2, 0.25) is 0 Å². The Bertz CT molecular complexity index is 353. The van der Waals surface area contributed by atoms with Gasteiger partial charge in [-0.2, -0.15) is 0 Å². The normalized spacial score (nSPS) is 23.3. The third-order valence-corrected chi connectivity index (χ3v) is 3.00. The summed E-state index contributed by atoms with van der Waals surface area (Å²) < 4.78 is 22.2. The minimum atomic E-state index is -1.06. The summed E-state index contributed by atoms with van der Waals surface area (Å²) in [7, 11) is 0. The van der Waals surface area contributed by atoms with Crippen LogP contribution >= 0.6 is 0 Å². The second-order valence-corrected chi connectivity index (χ2v) is 5.83. The first-order valence-corrected chi connectivity index (χ1v) is 6.44. The molecule has 0 spiro atoms. The van der Waals surface area contributed by atoms with Gasteiger partial charge in [-0.05, 0) is 40.5 Å². The van der Waals surface area contributed by atoms with Crippen molar-refractivity contribution >= 4 is 12.1 Å². The van der Waals surface area contributed by atoms with Crippen LogP contribution in [0.4, 0.5) is 9.18 Å². The molecule has 1 amide bonds. The number of hydrogen-bond acceptors (Lipinski definition) is 4. The molecule has 1 rings (SSSR count). The van der Waals surface area contributed by atoms with E-state index in [0.29, 0.717) is 19.4 Å². The van der Waals surface area contributed by atoms with Crippen molar-refractivity contribution in [3.63, 3.8) is 0 Å². The summed E-state index contributed by atoms with van der Waals surface area (Å²) in [6.07, 6.45) is 0.655. The Labute approximate surface area is 113 Å². The van der Waals surface area contributed by atoms with Crippen LogP contribution in [0.2, 0.25) is 0 Å². The number of rotatable bonds is 3. The SMILES string of the molecule is CC(C)(C)OC(=O)N1CCCC1(C)C(=O)OCCF. The Morgan fingerprint density at radius 2 is 2.00 bits per heavy atom. The van der Waals surface area contributed by atoms with E-state index in [9.17, 15) is 14.0 Å². The number of amides is 1. The minimum absolute atomic E-state index is 0.281. The molecule has 1 aliphatic rings. The summed E-state index contributed by atoms with van der Waals surface area (Å²) in [4.78, 5) is 25.4. The second-order valence-electron chi connectivity index (χ2n) is 5.83. The monoisotopic (exact) mass is 275 g/mol. The first-order valence-electron chi connectivity index (χ1n) is 6.44. The second kappa shape index (κ2) is 5.75. The van der Waals surface area contributed by atoms with Gasteiger partial charge in [-0.3, -0.25) is 4.90 Å². The van der Waals surface area contributed by atoms with Gasteiger partial charge in [0.15, 0.2) is 0 Å². The maximum atomic E-state index is 12.1. The van der Waals surface area contributed by atoms with E-state index in [0.717, 1.165) is 0 Å². The summed E-state index contributed by atoms with van der Waals surface area (Å²) in [6, 6.07) is 0. The molecule has 1 aliphatic heterocycles. The van der Waals surface area contributed by atoms with Crippen molar-refractivity contribution in [2.45, 2.75) is 51.7 Å². The highest BCUT2D eigenvalue weighted by atomic mass is 19.1. The molecule has 0 aromatic heterocycles. The first kappa shape index (κ1) is 15.7. The van der Waals surface area contributed by atoms with Crippen molar-refractivity contribution in [2.24, 2.45) is 0 Å². The molecule has 1 unspecified atom stereocenters. The molecule has 0 aromatic carbocycles. The summed E-state index contributed by atoms with van der Waals surface area (Å²) in [5.41, 5.74) is -1.68. The van der Waals surface area contributed by atoms with Gasteiger partial charge in [0, 0.05) is 6.54 Å². The number of hydrogen-bond donors (Lipinski definition) is 0. The van der Waals surface area contributed by atoms with Gasteiger partial charge >= 0.3 is 12.1 Å². The zero-order chi connectivity index (χ0) is 14.7. The number of carbonyl (C=O) groups excluding carboxylic acids is 2. The number of carbonyl (C=O) groups is 2. The molecule has 0 aliphatic carbocycles. The van der Waals surface area contributed by atoms with Crippen LogP contribution in [0.1, 0.15) is 40.5 Å². The van der Waals surface area contributed by atoms with Gasteiger partial charge in [-0.1, -0.05) is 0 Å². The van der Waals surface area contributed by atoms with E-state index in [1.165, 1.54) is 4.90 Å². The molecule has 0 N–H and O–H groups in total. The lowest BCUT2D eigenvalue weighted by molar-refractivity contribution is -0.155. The molecule has 0 radical (unpaired) electrons. The van der Waals surface area contributed by atoms with Gasteiger partial charge in [0.1, 0.15) is 24.4 Å². The van der Waals surface area contributed by atoms with Crippen molar-refractivity contribution in [1.82, 2.24) is 4.90 Å². The van der Waals surface area contributed by atoms with E-state index >= 15 is 0 Å². The van der Waals surface area contributed by atoms with E-state index in [-0.39, 0.29) is 6.61 Å². The maximum absolute atomic E-state index is 12.1. The molecule has 0 aromatic rings. The number of alkyl halides is 1. The van der Waals surface area contributed by atoms with Crippen molar-refractivity contribution in [3.8, 4) is 0 Å². The van der Waals surface area contributed by atoms with E-state index in [1.807, 2.05) is 0 Å². The minimum Gasteiger partial charge on any atom is -0.461 e. The number of likely N-dealkylation sites (tertiary alicyclic amines) is 1. The fraction of sp³-hybridized carbons (Fsp3) is 0.846. The molecule has 6 heteroatoms. The van der Waals surface area contributed by atoms with E-state index < -0.39 is 29.9 Å². The van der Waals surface area contributed by atoms with Crippen LogP contribution in [0.15, 0.2) is 0 Å². The average Bonchev–Trinajstić information content (AvgIpc) is 2.67. The van der Waals surface area contributed by atoms with Crippen LogP contribution in [0.25, 0.3) is 0 Å². The molecule has 5 nitrogen and oxygen atoms in total. The summed E-state index contributed by atoms with van der Waals surface area (Å²) in [6.45, 7) is 6.35. The third kappa shape index (κ3) is 3.81. The van der Waals surface area contributed by atoms with Gasteiger partial charge in [0.25, 0.3) is 0 Å². The van der Waals surface area contributed by atoms with Gasteiger partial charge in [-0.15, -0.1) is 0 Å². The van der Waals surface area contributed by atoms with Crippen molar-refractivity contribution in [3.05, 3.63) is 0 Å². The van der Waals surface area contributed by atoms with Crippen molar-refractivity contribution in [1.29, 1.82) is 0 Å². The highest BCUT2D eigenvalue weighted by Gasteiger charge is 2.48. The zero-order valence-corrected chi connectivity index (χ0v) is 12.0. The summed E-state index contributed by atoms with van der Waals surface area (Å²) in [5.74, 6) is -0.575. The third-order valence-electron chi connectivity index (χ3n) is 3.00. The van der Waals surface area contributed by atoms with Crippen LogP contribution in [-0.4, -0.2) is 47.9 Å². The summed E-state index contributed by atoms with van der Waals surface area (Å²) in [5, 5.41) is 0. The van der Waals surface area contributed by atoms with Crippen LogP contribution in [-0.2, 0) is 14.3 Å². The Kier molecular flexibility index (Phi) is 4.76. The van der Waals surface area contributed by atoms with Gasteiger partial charge in [-0.25, -0.2) is 14.0 Å².